The summed E-state index contributed by atoms with van der Waals surface area (Å²) >= 11 is 1.74. The predicted molar refractivity (Wildman–Crippen MR) is 95.2 cm³/mol. The number of nitrogens with two attached hydrogens (primary N) is 1. The van der Waals surface area contributed by atoms with Crippen molar-refractivity contribution in [3.05, 3.63) is 52.6 Å². The second kappa shape index (κ2) is 7.06. The molecule has 0 amide bonds. The summed E-state index contributed by atoms with van der Waals surface area (Å²) in [5.41, 5.74) is 7.68. The van der Waals surface area contributed by atoms with Crippen molar-refractivity contribution < 1.29 is 0 Å². The molecule has 0 unspecified atom stereocenters. The molecule has 0 fully saturated rings. The minimum atomic E-state index is 0.490. The number of nitrogens with one attached hydrogen (secondary N) is 2. The second-order valence-corrected chi connectivity index (χ2v) is 6.07. The summed E-state index contributed by atoms with van der Waals surface area (Å²) in [5, 5.41) is 8.50. The van der Waals surface area contributed by atoms with E-state index in [0.717, 1.165) is 24.3 Å². The highest BCUT2D eigenvalue weighted by Crippen LogP contribution is 2.26. The summed E-state index contributed by atoms with van der Waals surface area (Å²) in [7, 11) is 0. The first-order valence-electron chi connectivity index (χ1n) is 7.29. The van der Waals surface area contributed by atoms with Crippen LogP contribution in [-0.2, 0) is 6.42 Å². The normalized spacial score (nSPS) is 10.5. The Labute approximate surface area is 138 Å². The van der Waals surface area contributed by atoms with E-state index in [4.69, 9.17) is 5.73 Å². The molecule has 0 aromatic carbocycles. The maximum absolute atomic E-state index is 6.17. The monoisotopic (exact) mass is 326 g/mol. The van der Waals surface area contributed by atoms with Crippen molar-refractivity contribution >= 4 is 34.5 Å². The van der Waals surface area contributed by atoms with Crippen molar-refractivity contribution in [1.82, 2.24) is 15.0 Å². The molecule has 0 aliphatic carbocycles. The Balaban J connectivity index is 1.69. The molecule has 0 spiro atoms. The number of aryl methyl sites for hydroxylation is 1. The highest BCUT2D eigenvalue weighted by Gasteiger charge is 2.09. The number of thiophene rings is 1. The fourth-order valence-electron chi connectivity index (χ4n) is 2.12. The van der Waals surface area contributed by atoms with Crippen molar-refractivity contribution in [3.8, 4) is 0 Å². The Hall–Kier alpha value is -2.67. The summed E-state index contributed by atoms with van der Waals surface area (Å²) in [6.45, 7) is 2.75. The standard InChI is InChI=1S/C16H18N6S/c1-11-4-2-7-18-14(11)22-16-13(17)15(20-10-21-16)19-8-6-12-5-3-9-23-12/h2-5,7,9-10H,6,8,17H2,1H3,(H2,18,19,20,21,22). The third kappa shape index (κ3) is 3.75. The lowest BCUT2D eigenvalue weighted by Gasteiger charge is -2.12. The third-order valence-corrected chi connectivity index (χ3v) is 4.31. The van der Waals surface area contributed by atoms with E-state index < -0.39 is 0 Å². The molecule has 0 saturated heterocycles. The van der Waals surface area contributed by atoms with Gasteiger partial charge in [-0.1, -0.05) is 12.1 Å². The molecular formula is C16H18N6S. The van der Waals surface area contributed by atoms with Gasteiger partial charge in [0, 0.05) is 17.6 Å². The van der Waals surface area contributed by atoms with Gasteiger partial charge in [-0.2, -0.15) is 0 Å². The quantitative estimate of drug-likeness (QED) is 0.644. The molecule has 0 saturated carbocycles. The molecule has 118 valence electrons. The summed E-state index contributed by atoms with van der Waals surface area (Å²) < 4.78 is 0. The van der Waals surface area contributed by atoms with Crippen LogP contribution in [0, 0.1) is 6.92 Å². The van der Waals surface area contributed by atoms with Crippen LogP contribution in [0.15, 0.2) is 42.2 Å². The lowest BCUT2D eigenvalue weighted by molar-refractivity contribution is 1.02. The molecule has 0 radical (unpaired) electrons. The fraction of sp³-hybridized carbons (Fsp3) is 0.188. The lowest BCUT2D eigenvalue weighted by atomic mass is 10.3. The van der Waals surface area contributed by atoms with Crippen molar-refractivity contribution in [2.45, 2.75) is 13.3 Å². The van der Waals surface area contributed by atoms with E-state index in [0.29, 0.717) is 17.3 Å². The van der Waals surface area contributed by atoms with Gasteiger partial charge in [-0.3, -0.25) is 0 Å². The van der Waals surface area contributed by atoms with Crippen molar-refractivity contribution in [1.29, 1.82) is 0 Å². The molecule has 3 aromatic heterocycles. The molecular weight excluding hydrogens is 308 g/mol. The minimum Gasteiger partial charge on any atom is -0.393 e. The highest BCUT2D eigenvalue weighted by molar-refractivity contribution is 7.09. The van der Waals surface area contributed by atoms with Crippen molar-refractivity contribution in [3.63, 3.8) is 0 Å². The van der Waals surface area contributed by atoms with Crippen LogP contribution in [0.5, 0.6) is 0 Å². The minimum absolute atomic E-state index is 0.490. The van der Waals surface area contributed by atoms with Gasteiger partial charge in [-0.25, -0.2) is 15.0 Å². The second-order valence-electron chi connectivity index (χ2n) is 5.03. The fourth-order valence-corrected chi connectivity index (χ4v) is 2.83. The van der Waals surface area contributed by atoms with Crippen molar-refractivity contribution in [2.75, 3.05) is 22.9 Å². The molecule has 3 rings (SSSR count). The number of nitrogens with zero attached hydrogens (tertiary/aromatic N) is 3. The van der Waals surface area contributed by atoms with Crippen LogP contribution in [0.1, 0.15) is 10.4 Å². The molecule has 4 N–H and O–H groups in total. The lowest BCUT2D eigenvalue weighted by Crippen LogP contribution is -2.10. The average molecular weight is 326 g/mol. The molecule has 6 nitrogen and oxygen atoms in total. The molecule has 3 heterocycles. The van der Waals surface area contributed by atoms with E-state index in [-0.39, 0.29) is 0 Å². The number of rotatable bonds is 6. The molecule has 0 aliphatic rings. The van der Waals surface area contributed by atoms with Gasteiger partial charge < -0.3 is 16.4 Å². The Kier molecular flexibility index (Phi) is 4.68. The molecule has 7 heteroatoms. The average Bonchev–Trinajstić information content (AvgIpc) is 3.06. The Morgan fingerprint density at radius 3 is 2.74 bits per heavy atom. The van der Waals surface area contributed by atoms with Crippen LogP contribution in [0.25, 0.3) is 0 Å². The first-order chi connectivity index (χ1) is 11.2. The van der Waals surface area contributed by atoms with Crippen LogP contribution >= 0.6 is 11.3 Å². The van der Waals surface area contributed by atoms with Gasteiger partial charge in [-0.15, -0.1) is 11.3 Å². The third-order valence-electron chi connectivity index (χ3n) is 3.37. The van der Waals surface area contributed by atoms with E-state index in [1.165, 1.54) is 11.2 Å². The maximum atomic E-state index is 6.17. The SMILES string of the molecule is Cc1cccnc1Nc1ncnc(NCCc2cccs2)c1N. The van der Waals surface area contributed by atoms with Gasteiger partial charge in [0.15, 0.2) is 11.6 Å². The van der Waals surface area contributed by atoms with Crippen LogP contribution in [0.4, 0.5) is 23.1 Å². The number of aromatic nitrogens is 3. The highest BCUT2D eigenvalue weighted by atomic mass is 32.1. The smallest absolute Gasteiger partial charge is 0.160 e. The summed E-state index contributed by atoms with van der Waals surface area (Å²) in [5.74, 6) is 1.93. The van der Waals surface area contributed by atoms with Gasteiger partial charge in [-0.05, 0) is 36.4 Å². The zero-order valence-corrected chi connectivity index (χ0v) is 13.6. The zero-order valence-electron chi connectivity index (χ0n) is 12.8. The number of hydrogen-bond donors (Lipinski definition) is 3. The zero-order chi connectivity index (χ0) is 16.1. The largest absolute Gasteiger partial charge is 0.393 e. The summed E-state index contributed by atoms with van der Waals surface area (Å²) in [4.78, 5) is 14.0. The summed E-state index contributed by atoms with van der Waals surface area (Å²) in [6.07, 6.45) is 4.15. The van der Waals surface area contributed by atoms with Gasteiger partial charge in [0.2, 0.25) is 0 Å². The van der Waals surface area contributed by atoms with Gasteiger partial charge in [0.25, 0.3) is 0 Å². The predicted octanol–water partition coefficient (Wildman–Crippen LogP) is 3.22. The number of anilines is 4. The first kappa shape index (κ1) is 15.2. The number of nitrogen functional groups attached to an aromatic ring is 1. The van der Waals surface area contributed by atoms with E-state index in [1.807, 2.05) is 19.1 Å². The van der Waals surface area contributed by atoms with Crippen LogP contribution in [0.2, 0.25) is 0 Å². The Morgan fingerprint density at radius 1 is 1.09 bits per heavy atom. The summed E-state index contributed by atoms with van der Waals surface area (Å²) in [6, 6.07) is 8.04. The number of pyridine rings is 1. The molecule has 0 bridgehead atoms. The Morgan fingerprint density at radius 2 is 1.96 bits per heavy atom. The molecule has 3 aromatic rings. The van der Waals surface area contributed by atoms with Gasteiger partial charge in [0.05, 0.1) is 0 Å². The van der Waals surface area contributed by atoms with E-state index in [1.54, 1.807) is 17.5 Å². The van der Waals surface area contributed by atoms with E-state index in [9.17, 15) is 0 Å². The number of hydrogen-bond acceptors (Lipinski definition) is 7. The Bertz CT molecular complexity index is 772. The molecule has 0 aliphatic heterocycles. The van der Waals surface area contributed by atoms with E-state index in [2.05, 4.69) is 43.1 Å². The van der Waals surface area contributed by atoms with Crippen LogP contribution in [0.3, 0.4) is 0 Å². The van der Waals surface area contributed by atoms with Crippen LogP contribution < -0.4 is 16.4 Å². The topological polar surface area (TPSA) is 88.8 Å². The van der Waals surface area contributed by atoms with Gasteiger partial charge >= 0.3 is 0 Å². The van der Waals surface area contributed by atoms with Gasteiger partial charge in [0.1, 0.15) is 17.8 Å². The maximum Gasteiger partial charge on any atom is 0.160 e. The molecule has 23 heavy (non-hydrogen) atoms. The molecule has 0 atom stereocenters. The van der Waals surface area contributed by atoms with Crippen molar-refractivity contribution in [2.24, 2.45) is 0 Å². The van der Waals surface area contributed by atoms with Crippen LogP contribution in [-0.4, -0.2) is 21.5 Å². The first-order valence-corrected chi connectivity index (χ1v) is 8.17. The van der Waals surface area contributed by atoms with E-state index >= 15 is 0 Å².